The van der Waals surface area contributed by atoms with E-state index in [1.165, 1.54) is 0 Å². The minimum absolute atomic E-state index is 0.180. The molecule has 0 spiro atoms. The van der Waals surface area contributed by atoms with E-state index in [1.54, 1.807) is 16.4 Å². The van der Waals surface area contributed by atoms with Gasteiger partial charge in [0.15, 0.2) is 11.5 Å². The second-order valence-corrected chi connectivity index (χ2v) is 8.40. The van der Waals surface area contributed by atoms with Crippen molar-refractivity contribution in [1.82, 2.24) is 4.31 Å². The zero-order chi connectivity index (χ0) is 17.4. The van der Waals surface area contributed by atoms with E-state index in [2.05, 4.69) is 6.92 Å². The fraction of sp³-hybridized carbons (Fsp3) is 0.368. The maximum atomic E-state index is 12.9. The van der Waals surface area contributed by atoms with Gasteiger partial charge in [-0.25, -0.2) is 8.42 Å². The Kier molecular flexibility index (Phi) is 4.17. The van der Waals surface area contributed by atoms with Gasteiger partial charge in [-0.1, -0.05) is 25.1 Å². The monoisotopic (exact) mass is 359 g/mol. The minimum atomic E-state index is -3.44. The molecular weight excluding hydrogens is 338 g/mol. The Bertz CT molecular complexity index is 877. The van der Waals surface area contributed by atoms with Crippen LogP contribution in [-0.4, -0.2) is 32.6 Å². The summed E-state index contributed by atoms with van der Waals surface area (Å²) in [5, 5.41) is 0. The Labute approximate surface area is 148 Å². The van der Waals surface area contributed by atoms with Crippen molar-refractivity contribution >= 4 is 10.0 Å². The molecule has 2 aromatic rings. The molecule has 25 heavy (non-hydrogen) atoms. The number of hydrogen-bond donors (Lipinski definition) is 0. The number of nitrogens with zero attached hydrogens (tertiary/aromatic N) is 1. The van der Waals surface area contributed by atoms with E-state index in [9.17, 15) is 8.42 Å². The highest BCUT2D eigenvalue weighted by Gasteiger charge is 2.33. The number of benzene rings is 2. The predicted octanol–water partition coefficient (Wildman–Crippen LogP) is 3.16. The van der Waals surface area contributed by atoms with Crippen LogP contribution in [0.3, 0.4) is 0 Å². The Morgan fingerprint density at radius 1 is 1.08 bits per heavy atom. The van der Waals surface area contributed by atoms with Gasteiger partial charge in [0.25, 0.3) is 0 Å². The van der Waals surface area contributed by atoms with Crippen LogP contribution in [0.2, 0.25) is 0 Å². The number of hydrogen-bond acceptors (Lipinski definition) is 4. The van der Waals surface area contributed by atoms with E-state index in [0.29, 0.717) is 18.0 Å². The van der Waals surface area contributed by atoms with Gasteiger partial charge in [-0.05, 0) is 54.2 Å². The normalized spacial score (nSPS) is 20.1. The number of aryl methyl sites for hydroxylation is 1. The van der Waals surface area contributed by atoms with Crippen molar-refractivity contribution in [2.75, 3.05) is 19.9 Å². The summed E-state index contributed by atoms with van der Waals surface area (Å²) in [6, 6.07) is 13.1. The summed E-state index contributed by atoms with van der Waals surface area (Å²) in [4.78, 5) is 0.371. The molecular formula is C19H21NO4S. The molecule has 132 valence electrons. The highest BCUT2D eigenvalue weighted by atomic mass is 32.2. The molecule has 0 radical (unpaired) electrons. The van der Waals surface area contributed by atoms with Crippen LogP contribution in [0.25, 0.3) is 0 Å². The molecule has 0 N–H and O–H groups in total. The summed E-state index contributed by atoms with van der Waals surface area (Å²) >= 11 is 0. The van der Waals surface area contributed by atoms with Crippen LogP contribution >= 0.6 is 0 Å². The maximum absolute atomic E-state index is 12.9. The fourth-order valence-electron chi connectivity index (χ4n) is 3.43. The lowest BCUT2D eigenvalue weighted by Crippen LogP contribution is -2.28. The van der Waals surface area contributed by atoms with E-state index < -0.39 is 10.0 Å². The first-order valence-electron chi connectivity index (χ1n) is 8.56. The molecule has 2 aliphatic heterocycles. The SMILES string of the molecule is CCc1ccc(S(=O)(=O)N2CCC(c3ccc4c(c3)OCO4)C2)cc1. The number of fused-ring (bicyclic) bond motifs is 1. The molecule has 0 amide bonds. The molecule has 0 aliphatic carbocycles. The van der Waals surface area contributed by atoms with E-state index in [-0.39, 0.29) is 12.7 Å². The van der Waals surface area contributed by atoms with Crippen LogP contribution in [-0.2, 0) is 16.4 Å². The topological polar surface area (TPSA) is 55.8 Å². The smallest absolute Gasteiger partial charge is 0.243 e. The Morgan fingerprint density at radius 2 is 1.84 bits per heavy atom. The molecule has 2 aromatic carbocycles. The molecule has 2 heterocycles. The highest BCUT2D eigenvalue weighted by molar-refractivity contribution is 7.89. The van der Waals surface area contributed by atoms with Crippen molar-refractivity contribution in [2.45, 2.75) is 30.6 Å². The molecule has 5 nitrogen and oxygen atoms in total. The third kappa shape index (κ3) is 3.00. The third-order valence-corrected chi connectivity index (χ3v) is 6.87. The summed E-state index contributed by atoms with van der Waals surface area (Å²) in [6.45, 7) is 3.34. The predicted molar refractivity (Wildman–Crippen MR) is 94.5 cm³/mol. The first kappa shape index (κ1) is 16.4. The quantitative estimate of drug-likeness (QED) is 0.841. The van der Waals surface area contributed by atoms with Gasteiger partial charge in [-0.2, -0.15) is 4.31 Å². The van der Waals surface area contributed by atoms with Gasteiger partial charge in [0.05, 0.1) is 4.90 Å². The molecule has 4 rings (SSSR count). The summed E-state index contributed by atoms with van der Waals surface area (Å²) < 4.78 is 38.1. The number of sulfonamides is 1. The van der Waals surface area contributed by atoms with Crippen molar-refractivity contribution in [2.24, 2.45) is 0 Å². The van der Waals surface area contributed by atoms with Gasteiger partial charge in [0.1, 0.15) is 0 Å². The third-order valence-electron chi connectivity index (χ3n) is 4.99. The molecule has 0 bridgehead atoms. The molecule has 1 saturated heterocycles. The largest absolute Gasteiger partial charge is 0.454 e. The lowest BCUT2D eigenvalue weighted by Gasteiger charge is -2.17. The molecule has 1 unspecified atom stereocenters. The zero-order valence-corrected chi connectivity index (χ0v) is 15.0. The van der Waals surface area contributed by atoms with Crippen LogP contribution in [0.15, 0.2) is 47.4 Å². The maximum Gasteiger partial charge on any atom is 0.243 e. The van der Waals surface area contributed by atoms with Crippen molar-refractivity contribution in [1.29, 1.82) is 0 Å². The van der Waals surface area contributed by atoms with Gasteiger partial charge in [-0.15, -0.1) is 0 Å². The summed E-state index contributed by atoms with van der Waals surface area (Å²) in [5.74, 6) is 1.68. The van der Waals surface area contributed by atoms with Gasteiger partial charge in [0, 0.05) is 13.1 Å². The van der Waals surface area contributed by atoms with Crippen LogP contribution in [0.5, 0.6) is 11.5 Å². The second kappa shape index (κ2) is 6.35. The summed E-state index contributed by atoms with van der Waals surface area (Å²) in [5.41, 5.74) is 2.24. The minimum Gasteiger partial charge on any atom is -0.454 e. The van der Waals surface area contributed by atoms with Gasteiger partial charge >= 0.3 is 0 Å². The van der Waals surface area contributed by atoms with Gasteiger partial charge in [0.2, 0.25) is 16.8 Å². The second-order valence-electron chi connectivity index (χ2n) is 6.46. The molecule has 2 aliphatic rings. The number of rotatable bonds is 4. The Hall–Kier alpha value is -2.05. The van der Waals surface area contributed by atoms with E-state index in [0.717, 1.165) is 35.5 Å². The Balaban J connectivity index is 1.53. The average molecular weight is 359 g/mol. The molecule has 6 heteroatoms. The van der Waals surface area contributed by atoms with Crippen molar-refractivity contribution in [3.05, 3.63) is 53.6 Å². The highest BCUT2D eigenvalue weighted by Crippen LogP contribution is 2.38. The molecule has 0 saturated carbocycles. The fourth-order valence-corrected chi connectivity index (χ4v) is 4.93. The van der Waals surface area contributed by atoms with Crippen molar-refractivity contribution in [3.63, 3.8) is 0 Å². The van der Waals surface area contributed by atoms with Crippen LogP contribution < -0.4 is 9.47 Å². The van der Waals surface area contributed by atoms with E-state index >= 15 is 0 Å². The summed E-state index contributed by atoms with van der Waals surface area (Å²) in [7, 11) is -3.44. The standard InChI is InChI=1S/C19H21NO4S/c1-2-14-3-6-17(7-4-14)25(21,22)20-10-9-16(12-20)15-5-8-18-19(11-15)24-13-23-18/h3-8,11,16H,2,9-10,12-13H2,1H3. The van der Waals surface area contributed by atoms with Gasteiger partial charge < -0.3 is 9.47 Å². The van der Waals surface area contributed by atoms with Crippen LogP contribution in [0.4, 0.5) is 0 Å². The van der Waals surface area contributed by atoms with Gasteiger partial charge in [-0.3, -0.25) is 0 Å². The Morgan fingerprint density at radius 3 is 2.60 bits per heavy atom. The van der Waals surface area contributed by atoms with E-state index in [4.69, 9.17) is 9.47 Å². The molecule has 1 fully saturated rings. The first-order valence-corrected chi connectivity index (χ1v) is 10.0. The van der Waals surface area contributed by atoms with Crippen LogP contribution in [0.1, 0.15) is 30.4 Å². The summed E-state index contributed by atoms with van der Waals surface area (Å²) in [6.07, 6.45) is 1.71. The lowest BCUT2D eigenvalue weighted by atomic mass is 9.98. The average Bonchev–Trinajstić information content (AvgIpc) is 3.30. The molecule has 1 atom stereocenters. The van der Waals surface area contributed by atoms with Crippen molar-refractivity contribution in [3.8, 4) is 11.5 Å². The number of ether oxygens (including phenoxy) is 2. The van der Waals surface area contributed by atoms with E-state index in [1.807, 2.05) is 30.3 Å². The zero-order valence-electron chi connectivity index (χ0n) is 14.1. The molecule has 0 aromatic heterocycles. The van der Waals surface area contributed by atoms with Crippen LogP contribution in [0, 0.1) is 0 Å². The first-order chi connectivity index (χ1) is 12.1. The van der Waals surface area contributed by atoms with Crippen molar-refractivity contribution < 1.29 is 17.9 Å². The lowest BCUT2D eigenvalue weighted by molar-refractivity contribution is 0.174.